The number of anilines is 2. The Morgan fingerprint density at radius 1 is 1.00 bits per heavy atom. The number of aromatic nitrogens is 1. The molecule has 0 saturated heterocycles. The van der Waals surface area contributed by atoms with Crippen LogP contribution in [-0.4, -0.2) is 10.9 Å². The maximum atomic E-state index is 12.4. The maximum absolute atomic E-state index is 12.4. The van der Waals surface area contributed by atoms with Gasteiger partial charge in [-0.15, -0.1) is 0 Å². The normalized spacial score (nSPS) is 10.4. The third-order valence-electron chi connectivity index (χ3n) is 4.42. The molecule has 2 N–H and O–H groups in total. The van der Waals surface area contributed by atoms with Gasteiger partial charge in [0.1, 0.15) is 0 Å². The van der Waals surface area contributed by atoms with Gasteiger partial charge in [-0.1, -0.05) is 42.0 Å². The van der Waals surface area contributed by atoms with Gasteiger partial charge in [-0.2, -0.15) is 0 Å². The van der Waals surface area contributed by atoms with E-state index in [1.54, 1.807) is 12.4 Å². The number of amides is 1. The van der Waals surface area contributed by atoms with Crippen LogP contribution in [-0.2, 0) is 6.54 Å². The van der Waals surface area contributed by atoms with Crippen LogP contribution in [0.25, 0.3) is 0 Å². The highest BCUT2D eigenvalue weighted by Gasteiger charge is 2.08. The van der Waals surface area contributed by atoms with Gasteiger partial charge in [0.05, 0.1) is 17.4 Å². The number of benzene rings is 2. The summed E-state index contributed by atoms with van der Waals surface area (Å²) in [4.78, 5) is 16.6. The van der Waals surface area contributed by atoms with Crippen LogP contribution in [0.4, 0.5) is 11.4 Å². The highest BCUT2D eigenvalue weighted by molar-refractivity contribution is 5.94. The minimum absolute atomic E-state index is 0.136. The second-order valence-corrected chi connectivity index (χ2v) is 6.51. The van der Waals surface area contributed by atoms with Crippen molar-refractivity contribution in [2.24, 2.45) is 0 Å². The van der Waals surface area contributed by atoms with Gasteiger partial charge in [-0.3, -0.25) is 9.78 Å². The van der Waals surface area contributed by atoms with Crippen molar-refractivity contribution >= 4 is 17.3 Å². The Bertz CT molecular complexity index is 934. The minimum atomic E-state index is -0.136. The topological polar surface area (TPSA) is 54.0 Å². The molecule has 0 aliphatic rings. The van der Waals surface area contributed by atoms with E-state index in [0.29, 0.717) is 12.1 Å². The third kappa shape index (κ3) is 4.28. The fourth-order valence-electron chi connectivity index (χ4n) is 2.78. The zero-order valence-electron chi connectivity index (χ0n) is 15.3. The molecule has 0 spiro atoms. The van der Waals surface area contributed by atoms with Gasteiger partial charge in [0.2, 0.25) is 0 Å². The number of rotatable bonds is 5. The number of hydrogen-bond acceptors (Lipinski definition) is 3. The molecule has 26 heavy (non-hydrogen) atoms. The van der Waals surface area contributed by atoms with Gasteiger partial charge in [0.15, 0.2) is 0 Å². The predicted octanol–water partition coefficient (Wildman–Crippen LogP) is 4.68. The average Bonchev–Trinajstić information content (AvgIpc) is 2.64. The van der Waals surface area contributed by atoms with Crippen molar-refractivity contribution in [3.63, 3.8) is 0 Å². The lowest BCUT2D eigenvalue weighted by molar-refractivity contribution is 0.0950. The van der Waals surface area contributed by atoms with Gasteiger partial charge in [-0.25, -0.2) is 0 Å². The van der Waals surface area contributed by atoms with Crippen LogP contribution in [0.3, 0.4) is 0 Å². The van der Waals surface area contributed by atoms with Gasteiger partial charge in [-0.05, 0) is 49.6 Å². The van der Waals surface area contributed by atoms with Gasteiger partial charge in [0.25, 0.3) is 5.91 Å². The summed E-state index contributed by atoms with van der Waals surface area (Å²) >= 11 is 0. The quantitative estimate of drug-likeness (QED) is 0.706. The van der Waals surface area contributed by atoms with E-state index in [-0.39, 0.29) is 5.91 Å². The van der Waals surface area contributed by atoms with Crippen LogP contribution in [0.2, 0.25) is 0 Å². The summed E-state index contributed by atoms with van der Waals surface area (Å²) in [5.41, 5.74) is 7.00. The Balaban J connectivity index is 1.70. The molecule has 0 atom stereocenters. The second-order valence-electron chi connectivity index (χ2n) is 6.51. The lowest BCUT2D eigenvalue weighted by Gasteiger charge is -2.12. The second kappa shape index (κ2) is 7.83. The molecule has 1 aromatic heterocycles. The summed E-state index contributed by atoms with van der Waals surface area (Å²) in [7, 11) is 0. The van der Waals surface area contributed by atoms with Crippen LogP contribution in [0, 0.1) is 20.8 Å². The standard InChI is InChI=1S/C22H23N3O/c1-15-6-4-8-18(10-15)12-24-22(26)19-11-20(14-23-13-19)25-21-9-5-7-16(2)17(21)3/h4-11,13-14,25H,12H2,1-3H3,(H,24,26). The Morgan fingerprint density at radius 3 is 2.62 bits per heavy atom. The Morgan fingerprint density at radius 2 is 1.81 bits per heavy atom. The summed E-state index contributed by atoms with van der Waals surface area (Å²) in [6.45, 7) is 6.68. The monoisotopic (exact) mass is 345 g/mol. The molecule has 4 heteroatoms. The molecule has 0 unspecified atom stereocenters. The largest absolute Gasteiger partial charge is 0.354 e. The van der Waals surface area contributed by atoms with E-state index in [1.807, 2.05) is 43.3 Å². The molecule has 132 valence electrons. The number of pyridine rings is 1. The third-order valence-corrected chi connectivity index (χ3v) is 4.42. The van der Waals surface area contributed by atoms with E-state index < -0.39 is 0 Å². The molecule has 0 fully saturated rings. The molecule has 1 amide bonds. The van der Waals surface area contributed by atoms with E-state index in [0.717, 1.165) is 16.9 Å². The summed E-state index contributed by atoms with van der Waals surface area (Å²) < 4.78 is 0. The van der Waals surface area contributed by atoms with Gasteiger partial charge in [0, 0.05) is 18.4 Å². The van der Waals surface area contributed by atoms with E-state index in [9.17, 15) is 4.79 Å². The molecule has 1 heterocycles. The van der Waals surface area contributed by atoms with Crippen LogP contribution in [0.5, 0.6) is 0 Å². The molecular formula is C22H23N3O. The predicted molar refractivity (Wildman–Crippen MR) is 106 cm³/mol. The van der Waals surface area contributed by atoms with Crippen LogP contribution >= 0.6 is 0 Å². The van der Waals surface area contributed by atoms with E-state index in [4.69, 9.17) is 0 Å². The number of nitrogens with zero attached hydrogens (tertiary/aromatic N) is 1. The fraction of sp³-hybridized carbons (Fsp3) is 0.182. The molecule has 0 aliphatic heterocycles. The number of hydrogen-bond donors (Lipinski definition) is 2. The highest BCUT2D eigenvalue weighted by Crippen LogP contribution is 2.22. The SMILES string of the molecule is Cc1cccc(CNC(=O)c2cncc(Nc3cccc(C)c3C)c2)c1. The first kappa shape index (κ1) is 17.7. The maximum Gasteiger partial charge on any atom is 0.253 e. The average molecular weight is 345 g/mol. The van der Waals surface area contributed by atoms with Gasteiger partial charge >= 0.3 is 0 Å². The summed E-state index contributed by atoms with van der Waals surface area (Å²) in [5, 5.41) is 6.29. The van der Waals surface area contributed by atoms with Crippen molar-refractivity contribution in [1.82, 2.24) is 10.3 Å². The van der Waals surface area contributed by atoms with Crippen molar-refractivity contribution in [3.8, 4) is 0 Å². The van der Waals surface area contributed by atoms with Crippen molar-refractivity contribution < 1.29 is 4.79 Å². The molecule has 2 aromatic carbocycles. The van der Waals surface area contributed by atoms with E-state index >= 15 is 0 Å². The molecule has 0 radical (unpaired) electrons. The molecular weight excluding hydrogens is 322 g/mol. The molecule has 3 aromatic rings. The smallest absolute Gasteiger partial charge is 0.253 e. The molecule has 4 nitrogen and oxygen atoms in total. The first-order chi connectivity index (χ1) is 12.5. The molecule has 0 aliphatic carbocycles. The first-order valence-corrected chi connectivity index (χ1v) is 8.65. The zero-order valence-corrected chi connectivity index (χ0v) is 15.3. The Hall–Kier alpha value is -3.14. The lowest BCUT2D eigenvalue weighted by atomic mass is 10.1. The molecule has 0 saturated carbocycles. The summed E-state index contributed by atoms with van der Waals surface area (Å²) in [5.74, 6) is -0.136. The van der Waals surface area contributed by atoms with Crippen molar-refractivity contribution in [2.45, 2.75) is 27.3 Å². The first-order valence-electron chi connectivity index (χ1n) is 8.65. The van der Waals surface area contributed by atoms with Crippen LogP contribution in [0.1, 0.15) is 32.6 Å². The zero-order chi connectivity index (χ0) is 18.5. The summed E-state index contributed by atoms with van der Waals surface area (Å²) in [6, 6.07) is 16.0. The van der Waals surface area contributed by atoms with Crippen molar-refractivity contribution in [2.75, 3.05) is 5.32 Å². The van der Waals surface area contributed by atoms with Gasteiger partial charge < -0.3 is 10.6 Å². The van der Waals surface area contributed by atoms with Crippen LogP contribution in [0.15, 0.2) is 60.9 Å². The van der Waals surface area contributed by atoms with E-state index in [1.165, 1.54) is 16.7 Å². The Kier molecular flexibility index (Phi) is 5.32. The lowest BCUT2D eigenvalue weighted by Crippen LogP contribution is -2.23. The number of carbonyl (C=O) groups is 1. The molecule has 3 rings (SSSR count). The number of nitrogens with one attached hydrogen (secondary N) is 2. The summed E-state index contributed by atoms with van der Waals surface area (Å²) in [6.07, 6.45) is 3.30. The minimum Gasteiger partial charge on any atom is -0.354 e. The number of aryl methyl sites for hydroxylation is 2. The fourth-order valence-corrected chi connectivity index (χ4v) is 2.78. The number of carbonyl (C=O) groups excluding carboxylic acids is 1. The molecule has 0 bridgehead atoms. The Labute approximate surface area is 154 Å². The van der Waals surface area contributed by atoms with Crippen molar-refractivity contribution in [3.05, 3.63) is 88.7 Å². The van der Waals surface area contributed by atoms with Crippen molar-refractivity contribution in [1.29, 1.82) is 0 Å². The van der Waals surface area contributed by atoms with Crippen LogP contribution < -0.4 is 10.6 Å². The highest BCUT2D eigenvalue weighted by atomic mass is 16.1. The van der Waals surface area contributed by atoms with E-state index in [2.05, 4.69) is 41.6 Å².